The minimum Gasteiger partial charge on any atom is -0.380 e. The van der Waals surface area contributed by atoms with Crippen molar-refractivity contribution in [3.05, 3.63) is 69.9 Å². The van der Waals surface area contributed by atoms with Gasteiger partial charge in [0.25, 0.3) is 0 Å². The zero-order valence-electron chi connectivity index (χ0n) is 11.2. The van der Waals surface area contributed by atoms with E-state index in [4.69, 9.17) is 10.3 Å². The molecule has 21 heavy (non-hydrogen) atoms. The number of nitrogens with zero attached hydrogens (tertiary/aromatic N) is 1. The molecule has 0 radical (unpaired) electrons. The lowest BCUT2D eigenvalue weighted by molar-refractivity contribution is 0.365. The summed E-state index contributed by atoms with van der Waals surface area (Å²) in [6, 6.07) is 16.5. The van der Waals surface area contributed by atoms with E-state index in [0.29, 0.717) is 5.82 Å². The molecule has 1 heterocycles. The van der Waals surface area contributed by atoms with Crippen molar-refractivity contribution in [2.75, 3.05) is 5.73 Å². The second kappa shape index (κ2) is 4.74. The first-order chi connectivity index (χ1) is 10.2. The van der Waals surface area contributed by atoms with Gasteiger partial charge in [-0.15, -0.1) is 0 Å². The van der Waals surface area contributed by atoms with Crippen LogP contribution in [0.3, 0.4) is 0 Å². The van der Waals surface area contributed by atoms with Crippen LogP contribution >= 0.6 is 15.9 Å². The maximum atomic E-state index is 6.04. The Kier molecular flexibility index (Phi) is 2.86. The zero-order valence-corrected chi connectivity index (χ0v) is 12.8. The van der Waals surface area contributed by atoms with Gasteiger partial charge in [0.1, 0.15) is 0 Å². The Hall–Kier alpha value is -2.07. The summed E-state index contributed by atoms with van der Waals surface area (Å²) in [5.74, 6) is 1.57. The molecule has 4 rings (SSSR count). The molecule has 0 aliphatic heterocycles. The van der Waals surface area contributed by atoms with Crippen LogP contribution in [0, 0.1) is 0 Å². The third-order valence-corrected chi connectivity index (χ3v) is 4.52. The molecular formula is C17H13BrN2O. The lowest BCUT2D eigenvalue weighted by Gasteiger charge is -2.28. The van der Waals surface area contributed by atoms with Crippen LogP contribution in [0.15, 0.2) is 57.5 Å². The average Bonchev–Trinajstić information content (AvgIpc) is 2.82. The molecule has 3 nitrogen and oxygen atoms in total. The summed E-state index contributed by atoms with van der Waals surface area (Å²) in [5.41, 5.74) is 10.7. The van der Waals surface area contributed by atoms with E-state index in [1.807, 2.05) is 24.3 Å². The van der Waals surface area contributed by atoms with Gasteiger partial charge in [0.15, 0.2) is 11.6 Å². The normalized spacial score (nSPS) is 16.3. The smallest absolute Gasteiger partial charge is 0.175 e. The fourth-order valence-electron chi connectivity index (χ4n) is 2.98. The van der Waals surface area contributed by atoms with Gasteiger partial charge in [-0.3, -0.25) is 0 Å². The zero-order chi connectivity index (χ0) is 14.4. The second-order valence-corrected chi connectivity index (χ2v) is 6.19. The summed E-state index contributed by atoms with van der Waals surface area (Å²) in [5, 5.41) is 3.99. The number of nitrogens with two attached hydrogens (primary N) is 1. The molecule has 0 spiro atoms. The highest BCUT2D eigenvalue weighted by Crippen LogP contribution is 2.45. The maximum absolute atomic E-state index is 6.04. The number of rotatable bonds is 2. The molecule has 1 atom stereocenters. The van der Waals surface area contributed by atoms with Gasteiger partial charge in [0.2, 0.25) is 0 Å². The monoisotopic (exact) mass is 340 g/mol. The van der Waals surface area contributed by atoms with Gasteiger partial charge in [-0.2, -0.15) is 0 Å². The first-order valence-electron chi connectivity index (χ1n) is 6.83. The topological polar surface area (TPSA) is 52.0 Å². The van der Waals surface area contributed by atoms with E-state index in [2.05, 4.69) is 45.4 Å². The van der Waals surface area contributed by atoms with Crippen molar-refractivity contribution in [1.82, 2.24) is 5.16 Å². The molecule has 0 saturated carbocycles. The van der Waals surface area contributed by atoms with Crippen LogP contribution in [0.2, 0.25) is 0 Å². The van der Waals surface area contributed by atoms with Crippen LogP contribution in [0.5, 0.6) is 0 Å². The highest BCUT2D eigenvalue weighted by molar-refractivity contribution is 9.10. The van der Waals surface area contributed by atoms with Crippen LogP contribution < -0.4 is 5.73 Å². The van der Waals surface area contributed by atoms with Crippen molar-refractivity contribution in [1.29, 1.82) is 0 Å². The van der Waals surface area contributed by atoms with Crippen LogP contribution in [-0.2, 0) is 6.42 Å². The summed E-state index contributed by atoms with van der Waals surface area (Å²) in [7, 11) is 0. The highest BCUT2D eigenvalue weighted by atomic mass is 79.9. The Balaban J connectivity index is 1.83. The number of benzene rings is 2. The molecule has 1 aliphatic carbocycles. The molecule has 1 aliphatic rings. The van der Waals surface area contributed by atoms with Crippen molar-refractivity contribution < 1.29 is 4.52 Å². The van der Waals surface area contributed by atoms with Crippen molar-refractivity contribution in [2.45, 2.75) is 12.3 Å². The maximum Gasteiger partial charge on any atom is 0.175 e. The number of anilines is 1. The Morgan fingerprint density at radius 2 is 2.00 bits per heavy atom. The van der Waals surface area contributed by atoms with Crippen LogP contribution in [0.1, 0.15) is 22.8 Å². The van der Waals surface area contributed by atoms with E-state index in [9.17, 15) is 0 Å². The van der Waals surface area contributed by atoms with E-state index in [1.54, 1.807) is 0 Å². The minimum absolute atomic E-state index is 0.250. The predicted molar refractivity (Wildman–Crippen MR) is 86.0 cm³/mol. The average molecular weight is 341 g/mol. The van der Waals surface area contributed by atoms with Gasteiger partial charge >= 0.3 is 0 Å². The number of hydrogen-bond acceptors (Lipinski definition) is 3. The number of nitrogen functional groups attached to an aromatic ring is 1. The Morgan fingerprint density at radius 3 is 2.81 bits per heavy atom. The number of hydrogen-bond donors (Lipinski definition) is 1. The third-order valence-electron chi connectivity index (χ3n) is 4.03. The molecule has 0 amide bonds. The summed E-state index contributed by atoms with van der Waals surface area (Å²) >= 11 is 3.50. The fraction of sp³-hybridized carbons (Fsp3) is 0.118. The third kappa shape index (κ3) is 1.98. The quantitative estimate of drug-likeness (QED) is 0.753. The Bertz CT molecular complexity index is 825. The van der Waals surface area contributed by atoms with E-state index >= 15 is 0 Å². The number of fused-ring (bicyclic) bond motifs is 1. The lowest BCUT2D eigenvalue weighted by atomic mass is 9.75. The van der Waals surface area contributed by atoms with E-state index in [1.165, 1.54) is 11.1 Å². The van der Waals surface area contributed by atoms with Gasteiger partial charge in [0.05, 0.1) is 5.56 Å². The molecule has 0 saturated heterocycles. The second-order valence-electron chi connectivity index (χ2n) is 5.27. The molecule has 4 heteroatoms. The summed E-state index contributed by atoms with van der Waals surface area (Å²) in [6.45, 7) is 0. The van der Waals surface area contributed by atoms with E-state index < -0.39 is 0 Å². The predicted octanol–water partition coefficient (Wildman–Crippen LogP) is 4.37. The number of halogens is 1. The van der Waals surface area contributed by atoms with Gasteiger partial charge in [-0.1, -0.05) is 57.5 Å². The molecule has 0 fully saturated rings. The van der Waals surface area contributed by atoms with Crippen molar-refractivity contribution in [2.24, 2.45) is 0 Å². The largest absolute Gasteiger partial charge is 0.380 e. The van der Waals surface area contributed by atoms with Crippen molar-refractivity contribution in [3.8, 4) is 11.1 Å². The molecule has 3 aromatic rings. The summed E-state index contributed by atoms with van der Waals surface area (Å²) in [4.78, 5) is 0. The van der Waals surface area contributed by atoms with Gasteiger partial charge in [-0.25, -0.2) is 0 Å². The molecule has 2 N–H and O–H groups in total. The standard InChI is InChI=1S/C17H13BrN2O/c18-12-6-3-5-11(8-12)15-16(21-20-17(15)19)14-9-10-4-1-2-7-13(10)14/h1-8,14H,9H2,(H2,19,20). The molecule has 104 valence electrons. The fourth-order valence-corrected chi connectivity index (χ4v) is 3.38. The summed E-state index contributed by atoms with van der Waals surface area (Å²) in [6.07, 6.45) is 0.978. The summed E-state index contributed by atoms with van der Waals surface area (Å²) < 4.78 is 6.57. The van der Waals surface area contributed by atoms with Crippen LogP contribution in [0.4, 0.5) is 5.82 Å². The van der Waals surface area contributed by atoms with Crippen molar-refractivity contribution in [3.63, 3.8) is 0 Å². The molecule has 1 unspecified atom stereocenters. The minimum atomic E-state index is 0.250. The van der Waals surface area contributed by atoms with E-state index in [-0.39, 0.29) is 5.92 Å². The molecular weight excluding hydrogens is 328 g/mol. The Labute approximate surface area is 130 Å². The molecule has 0 bridgehead atoms. The van der Waals surface area contributed by atoms with Gasteiger partial charge < -0.3 is 10.3 Å². The Morgan fingerprint density at radius 1 is 1.14 bits per heavy atom. The first kappa shape index (κ1) is 12.7. The van der Waals surface area contributed by atoms with Gasteiger partial charge in [-0.05, 0) is 35.2 Å². The first-order valence-corrected chi connectivity index (χ1v) is 7.62. The molecule has 2 aromatic carbocycles. The highest BCUT2D eigenvalue weighted by Gasteiger charge is 2.33. The lowest BCUT2D eigenvalue weighted by Crippen LogP contribution is -2.18. The van der Waals surface area contributed by atoms with Crippen molar-refractivity contribution >= 4 is 21.7 Å². The SMILES string of the molecule is Nc1noc(C2Cc3ccccc32)c1-c1cccc(Br)c1. The number of aromatic nitrogens is 1. The van der Waals surface area contributed by atoms with E-state index in [0.717, 1.165) is 27.8 Å². The van der Waals surface area contributed by atoms with Gasteiger partial charge in [0, 0.05) is 10.4 Å². The van der Waals surface area contributed by atoms with Crippen LogP contribution in [0.25, 0.3) is 11.1 Å². The van der Waals surface area contributed by atoms with Crippen LogP contribution in [-0.4, -0.2) is 5.16 Å². The molecule has 1 aromatic heterocycles.